The normalized spacial score (nSPS) is 15.1. The summed E-state index contributed by atoms with van der Waals surface area (Å²) in [6.07, 6.45) is 1.03. The lowest BCUT2D eigenvalue weighted by Gasteiger charge is -2.19. The molecule has 186 valence electrons. The van der Waals surface area contributed by atoms with E-state index < -0.39 is 5.38 Å². The van der Waals surface area contributed by atoms with E-state index in [-0.39, 0.29) is 28.7 Å². The number of carbonyl (C=O) groups excluding carboxylic acids is 1. The summed E-state index contributed by atoms with van der Waals surface area (Å²) in [6, 6.07) is 11.3. The average molecular weight is 545 g/mol. The van der Waals surface area contributed by atoms with Crippen molar-refractivity contribution in [2.45, 2.75) is 24.8 Å². The van der Waals surface area contributed by atoms with Crippen molar-refractivity contribution in [1.82, 2.24) is 9.55 Å². The van der Waals surface area contributed by atoms with Crippen molar-refractivity contribution >= 4 is 50.5 Å². The summed E-state index contributed by atoms with van der Waals surface area (Å²) >= 11 is 14.2. The molecule has 0 fully saturated rings. The standard InChI is InChI=1S/C26H22Cl2N2O5S/c1-33-17-11-15(19(28)22(35-3)21(17)34-2)24-29-25-18(14-9-10-16(27)20(31)23(14)36-25)26(32)30(24)12-13-7-5-4-6-8-13/h4-8,11,16H,9-10,12H2,1-3H3. The van der Waals surface area contributed by atoms with Gasteiger partial charge in [0.2, 0.25) is 5.75 Å². The van der Waals surface area contributed by atoms with Gasteiger partial charge in [-0.15, -0.1) is 22.9 Å². The maximum absolute atomic E-state index is 14.0. The van der Waals surface area contributed by atoms with Gasteiger partial charge in [0, 0.05) is 5.56 Å². The van der Waals surface area contributed by atoms with Crippen LogP contribution in [0, 0.1) is 0 Å². The molecule has 1 unspecified atom stereocenters. The van der Waals surface area contributed by atoms with E-state index in [4.69, 9.17) is 42.4 Å². The van der Waals surface area contributed by atoms with Gasteiger partial charge in [0.25, 0.3) is 5.56 Å². The number of nitrogens with zero attached hydrogens (tertiary/aromatic N) is 2. The van der Waals surface area contributed by atoms with E-state index in [0.717, 1.165) is 11.1 Å². The molecule has 5 rings (SSSR count). The highest BCUT2D eigenvalue weighted by molar-refractivity contribution is 7.20. The molecule has 0 saturated heterocycles. The number of fused-ring (bicyclic) bond motifs is 3. The second-order valence-corrected chi connectivity index (χ2v) is 10.2. The summed E-state index contributed by atoms with van der Waals surface area (Å²) in [4.78, 5) is 32.7. The smallest absolute Gasteiger partial charge is 0.263 e. The van der Waals surface area contributed by atoms with Crippen molar-refractivity contribution in [3.05, 3.63) is 67.8 Å². The molecule has 10 heteroatoms. The highest BCUT2D eigenvalue weighted by atomic mass is 35.5. The number of aryl methyl sites for hydroxylation is 1. The number of alkyl halides is 1. The second-order valence-electron chi connectivity index (χ2n) is 8.28. The van der Waals surface area contributed by atoms with Gasteiger partial charge >= 0.3 is 0 Å². The van der Waals surface area contributed by atoms with E-state index in [9.17, 15) is 9.59 Å². The molecule has 2 aromatic heterocycles. The number of halogens is 2. The summed E-state index contributed by atoms with van der Waals surface area (Å²) in [5, 5.41) is 0.0812. The number of methoxy groups -OCH3 is 3. The van der Waals surface area contributed by atoms with Crippen LogP contribution in [-0.2, 0) is 13.0 Å². The predicted octanol–water partition coefficient (Wildman–Crippen LogP) is 5.59. The highest BCUT2D eigenvalue weighted by Gasteiger charge is 2.32. The molecule has 2 aromatic carbocycles. The predicted molar refractivity (Wildman–Crippen MR) is 142 cm³/mol. The van der Waals surface area contributed by atoms with Crippen molar-refractivity contribution in [2.75, 3.05) is 21.3 Å². The van der Waals surface area contributed by atoms with Crippen molar-refractivity contribution in [1.29, 1.82) is 0 Å². The molecule has 0 aliphatic heterocycles. The molecule has 1 aliphatic rings. The topological polar surface area (TPSA) is 79.7 Å². The van der Waals surface area contributed by atoms with Crippen LogP contribution in [0.4, 0.5) is 0 Å². The number of hydrogen-bond donors (Lipinski definition) is 0. The van der Waals surface area contributed by atoms with Crippen LogP contribution in [0.5, 0.6) is 17.2 Å². The van der Waals surface area contributed by atoms with E-state index in [2.05, 4.69) is 0 Å². The van der Waals surface area contributed by atoms with E-state index in [1.807, 2.05) is 30.3 Å². The zero-order valence-electron chi connectivity index (χ0n) is 19.8. The number of Topliss-reactive ketones (excluding diaryl/α,β-unsaturated/α-hetero) is 1. The molecule has 2 heterocycles. The summed E-state index contributed by atoms with van der Waals surface area (Å²) in [7, 11) is 4.47. The second kappa shape index (κ2) is 9.76. The minimum atomic E-state index is -0.596. The molecule has 0 spiro atoms. The van der Waals surface area contributed by atoms with Crippen LogP contribution >= 0.6 is 34.5 Å². The fourth-order valence-electron chi connectivity index (χ4n) is 4.52. The van der Waals surface area contributed by atoms with E-state index in [1.165, 1.54) is 32.7 Å². The zero-order chi connectivity index (χ0) is 25.6. The molecule has 0 N–H and O–H groups in total. The molecule has 36 heavy (non-hydrogen) atoms. The van der Waals surface area contributed by atoms with Crippen molar-refractivity contribution in [3.8, 4) is 28.6 Å². The summed E-state index contributed by atoms with van der Waals surface area (Å²) in [5.74, 6) is 1.13. The van der Waals surface area contributed by atoms with Gasteiger partial charge < -0.3 is 14.2 Å². The Morgan fingerprint density at radius 1 is 1.08 bits per heavy atom. The Kier molecular flexibility index (Phi) is 6.68. The molecule has 0 radical (unpaired) electrons. The third-order valence-electron chi connectivity index (χ3n) is 6.26. The third kappa shape index (κ3) is 3.93. The third-order valence-corrected chi connectivity index (χ3v) is 8.19. The Bertz CT molecular complexity index is 1550. The van der Waals surface area contributed by atoms with Gasteiger partial charge in [0.1, 0.15) is 10.7 Å². The Labute approximate surface area is 221 Å². The molecule has 0 saturated carbocycles. The lowest BCUT2D eigenvalue weighted by Crippen LogP contribution is -2.26. The molecule has 0 bridgehead atoms. The SMILES string of the molecule is COc1cc(-c2nc3sc4c(c3c(=O)n2Cc2ccccc2)CCC(Cl)C4=O)c(Cl)c(OC)c1OC. The number of carbonyl (C=O) groups is 1. The first-order chi connectivity index (χ1) is 17.4. The van der Waals surface area contributed by atoms with Crippen molar-refractivity contribution < 1.29 is 19.0 Å². The quantitative estimate of drug-likeness (QED) is 0.294. The van der Waals surface area contributed by atoms with Gasteiger partial charge in [0.05, 0.1) is 48.5 Å². The number of aromatic nitrogens is 2. The maximum atomic E-state index is 14.0. The van der Waals surface area contributed by atoms with Crippen molar-refractivity contribution in [2.24, 2.45) is 0 Å². The molecular formula is C26H22Cl2N2O5S. The Morgan fingerprint density at radius 3 is 2.47 bits per heavy atom. The van der Waals surface area contributed by atoms with Gasteiger partial charge in [0.15, 0.2) is 17.3 Å². The number of thiophene rings is 1. The molecule has 1 atom stereocenters. The number of ketones is 1. The lowest BCUT2D eigenvalue weighted by molar-refractivity contribution is 0.0981. The Hall–Kier alpha value is -3.07. The van der Waals surface area contributed by atoms with E-state index in [0.29, 0.717) is 50.8 Å². The molecule has 4 aromatic rings. The number of rotatable bonds is 6. The van der Waals surface area contributed by atoms with Gasteiger partial charge in [-0.25, -0.2) is 4.98 Å². The van der Waals surface area contributed by atoms with Crippen LogP contribution in [0.2, 0.25) is 5.02 Å². The fraction of sp³-hybridized carbons (Fsp3) is 0.269. The van der Waals surface area contributed by atoms with Gasteiger partial charge in [-0.2, -0.15) is 0 Å². The van der Waals surface area contributed by atoms with Crippen LogP contribution in [0.25, 0.3) is 21.6 Å². The molecule has 7 nitrogen and oxygen atoms in total. The number of hydrogen-bond acceptors (Lipinski definition) is 7. The summed E-state index contributed by atoms with van der Waals surface area (Å²) in [6.45, 7) is 0.252. The highest BCUT2D eigenvalue weighted by Crippen LogP contribution is 2.48. The molecular weight excluding hydrogens is 523 g/mol. The summed E-state index contributed by atoms with van der Waals surface area (Å²) in [5.41, 5.74) is 1.82. The first-order valence-electron chi connectivity index (χ1n) is 11.2. The van der Waals surface area contributed by atoms with Crippen LogP contribution in [0.1, 0.15) is 27.2 Å². The fourth-order valence-corrected chi connectivity index (χ4v) is 6.32. The monoisotopic (exact) mass is 544 g/mol. The minimum absolute atomic E-state index is 0.165. The van der Waals surface area contributed by atoms with Crippen LogP contribution in [0.15, 0.2) is 41.2 Å². The number of ether oxygens (including phenoxy) is 3. The first kappa shape index (κ1) is 24.6. The summed E-state index contributed by atoms with van der Waals surface area (Å²) < 4.78 is 18.1. The average Bonchev–Trinajstić information content (AvgIpc) is 3.27. The molecule has 0 amide bonds. The zero-order valence-corrected chi connectivity index (χ0v) is 22.1. The van der Waals surface area contributed by atoms with Crippen LogP contribution < -0.4 is 19.8 Å². The van der Waals surface area contributed by atoms with Crippen LogP contribution in [-0.4, -0.2) is 42.0 Å². The Balaban J connectivity index is 1.85. The minimum Gasteiger partial charge on any atom is -0.493 e. The molecule has 1 aliphatic carbocycles. The Morgan fingerprint density at radius 2 is 1.81 bits per heavy atom. The van der Waals surface area contributed by atoms with Gasteiger partial charge in [-0.1, -0.05) is 41.9 Å². The lowest BCUT2D eigenvalue weighted by atomic mass is 9.95. The maximum Gasteiger partial charge on any atom is 0.263 e. The van der Waals surface area contributed by atoms with E-state index in [1.54, 1.807) is 10.6 Å². The van der Waals surface area contributed by atoms with Crippen LogP contribution in [0.3, 0.4) is 0 Å². The number of benzene rings is 2. The van der Waals surface area contributed by atoms with Crippen molar-refractivity contribution in [3.63, 3.8) is 0 Å². The largest absolute Gasteiger partial charge is 0.493 e. The van der Waals surface area contributed by atoms with Gasteiger partial charge in [-0.3, -0.25) is 14.2 Å². The van der Waals surface area contributed by atoms with E-state index >= 15 is 0 Å². The first-order valence-corrected chi connectivity index (χ1v) is 12.8. The van der Waals surface area contributed by atoms with Gasteiger partial charge in [-0.05, 0) is 30.0 Å².